The van der Waals surface area contributed by atoms with Crippen LogP contribution in [0.25, 0.3) is 77.1 Å². The van der Waals surface area contributed by atoms with E-state index in [1.165, 1.54) is 71.3 Å². The van der Waals surface area contributed by atoms with Crippen LogP contribution >= 0.6 is 0 Å². The Balaban J connectivity index is 1.48. The number of aromatic nitrogens is 1. The first-order valence-electron chi connectivity index (χ1n) is 15.7. The van der Waals surface area contributed by atoms with Crippen LogP contribution in [0.1, 0.15) is 25.0 Å². The monoisotopic (exact) mass is 573 g/mol. The molecule has 0 saturated carbocycles. The lowest BCUT2D eigenvalue weighted by atomic mass is 9.79. The molecule has 0 N–H and O–H groups in total. The summed E-state index contributed by atoms with van der Waals surface area (Å²) in [7, 11) is 0. The zero-order chi connectivity index (χ0) is 30.1. The van der Waals surface area contributed by atoms with E-state index in [1.54, 1.807) is 0 Å². The van der Waals surface area contributed by atoms with Crippen LogP contribution in [0.15, 0.2) is 152 Å². The largest absolute Gasteiger partial charge is 0.247 e. The van der Waals surface area contributed by atoms with E-state index in [-0.39, 0.29) is 5.41 Å². The van der Waals surface area contributed by atoms with Crippen LogP contribution in [0, 0.1) is 0 Å². The summed E-state index contributed by atoms with van der Waals surface area (Å²) in [6, 6.07) is 55.2. The Labute approximate surface area is 263 Å². The standard InChI is InChI=1S/C44H31N/c1-44(2)36-24-23-35-39(32-22-21-28-13-9-10-18-31(28)27-32)33-19-11-12-20-34(33)40(30-16-7-4-8-17-30)41(35)42(36)43-37(44)25-26-38(45-43)29-14-5-3-6-15-29/h3-27H,1-2H3. The molecule has 0 saturated heterocycles. The van der Waals surface area contributed by atoms with Gasteiger partial charge in [0.1, 0.15) is 0 Å². The average Bonchev–Trinajstić information content (AvgIpc) is 3.33. The van der Waals surface area contributed by atoms with E-state index in [0.29, 0.717) is 0 Å². The molecule has 1 aromatic heterocycles. The number of benzene rings is 7. The molecule has 7 aromatic carbocycles. The number of fused-ring (bicyclic) bond motifs is 7. The van der Waals surface area contributed by atoms with E-state index in [4.69, 9.17) is 4.98 Å². The molecule has 212 valence electrons. The van der Waals surface area contributed by atoms with Crippen molar-refractivity contribution in [2.24, 2.45) is 0 Å². The minimum atomic E-state index is -0.177. The van der Waals surface area contributed by atoms with Crippen molar-refractivity contribution in [1.29, 1.82) is 0 Å². The highest BCUT2D eigenvalue weighted by molar-refractivity contribution is 6.25. The Morgan fingerprint density at radius 2 is 1.04 bits per heavy atom. The molecular weight excluding hydrogens is 542 g/mol. The molecular formula is C44H31N. The molecule has 1 aliphatic rings. The van der Waals surface area contributed by atoms with Crippen molar-refractivity contribution < 1.29 is 0 Å². The summed E-state index contributed by atoms with van der Waals surface area (Å²) in [6.07, 6.45) is 0. The highest BCUT2D eigenvalue weighted by atomic mass is 14.7. The molecule has 0 unspecified atom stereocenters. The predicted molar refractivity (Wildman–Crippen MR) is 191 cm³/mol. The van der Waals surface area contributed by atoms with Crippen LogP contribution in [0.2, 0.25) is 0 Å². The Bertz CT molecular complexity index is 2440. The SMILES string of the molecule is CC1(C)c2ccc(-c3ccccc3)nc2-c2c1ccc1c(-c3ccc4ccccc4c3)c3ccccc3c(-c3ccccc3)c21. The third kappa shape index (κ3) is 3.84. The molecule has 1 heterocycles. The number of rotatable bonds is 3. The quantitative estimate of drug-likeness (QED) is 0.192. The van der Waals surface area contributed by atoms with Gasteiger partial charge in [-0.05, 0) is 72.4 Å². The van der Waals surface area contributed by atoms with E-state index in [9.17, 15) is 0 Å². The third-order valence-corrected chi connectivity index (χ3v) is 9.84. The molecule has 1 heteroatoms. The van der Waals surface area contributed by atoms with Crippen LogP contribution in [0.5, 0.6) is 0 Å². The van der Waals surface area contributed by atoms with E-state index in [0.717, 1.165) is 17.0 Å². The molecule has 0 aliphatic heterocycles. The maximum absolute atomic E-state index is 5.47. The predicted octanol–water partition coefficient (Wildman–Crippen LogP) is 11.8. The van der Waals surface area contributed by atoms with E-state index >= 15 is 0 Å². The maximum atomic E-state index is 5.47. The smallest absolute Gasteiger partial charge is 0.0759 e. The van der Waals surface area contributed by atoms with Crippen molar-refractivity contribution in [3.05, 3.63) is 163 Å². The number of pyridine rings is 1. The van der Waals surface area contributed by atoms with Gasteiger partial charge in [0.25, 0.3) is 0 Å². The summed E-state index contributed by atoms with van der Waals surface area (Å²) in [5, 5.41) is 7.58. The molecule has 1 aliphatic carbocycles. The van der Waals surface area contributed by atoms with Crippen molar-refractivity contribution in [1.82, 2.24) is 4.98 Å². The lowest BCUT2D eigenvalue weighted by molar-refractivity contribution is 0.659. The number of hydrogen-bond donors (Lipinski definition) is 0. The third-order valence-electron chi connectivity index (χ3n) is 9.84. The summed E-state index contributed by atoms with van der Waals surface area (Å²) in [4.78, 5) is 5.47. The fraction of sp³-hybridized carbons (Fsp3) is 0.0682. The van der Waals surface area contributed by atoms with Crippen LogP contribution in [-0.2, 0) is 5.41 Å². The Kier molecular flexibility index (Phi) is 5.61. The molecule has 1 nitrogen and oxygen atoms in total. The molecule has 0 fully saturated rings. The lowest BCUT2D eigenvalue weighted by Crippen LogP contribution is -2.15. The van der Waals surface area contributed by atoms with Gasteiger partial charge in [0.05, 0.1) is 11.4 Å². The normalized spacial score (nSPS) is 13.3. The van der Waals surface area contributed by atoms with Crippen molar-refractivity contribution in [2.45, 2.75) is 19.3 Å². The first-order valence-corrected chi connectivity index (χ1v) is 15.7. The average molecular weight is 574 g/mol. The van der Waals surface area contributed by atoms with Crippen molar-refractivity contribution in [3.63, 3.8) is 0 Å². The van der Waals surface area contributed by atoms with Crippen LogP contribution in [0.3, 0.4) is 0 Å². The fourth-order valence-electron chi connectivity index (χ4n) is 7.67. The summed E-state index contributed by atoms with van der Waals surface area (Å²) in [5.41, 5.74) is 11.9. The minimum absolute atomic E-state index is 0.177. The van der Waals surface area contributed by atoms with E-state index < -0.39 is 0 Å². The first-order chi connectivity index (χ1) is 22.1. The van der Waals surface area contributed by atoms with E-state index in [2.05, 4.69) is 166 Å². The van der Waals surface area contributed by atoms with Gasteiger partial charge in [-0.15, -0.1) is 0 Å². The molecule has 45 heavy (non-hydrogen) atoms. The van der Waals surface area contributed by atoms with Crippen LogP contribution in [-0.4, -0.2) is 4.98 Å². The molecule has 0 atom stereocenters. The highest BCUT2D eigenvalue weighted by Crippen LogP contribution is 2.55. The first kappa shape index (κ1) is 25.9. The summed E-state index contributed by atoms with van der Waals surface area (Å²) in [6.45, 7) is 4.70. The van der Waals surface area contributed by atoms with Gasteiger partial charge in [0.2, 0.25) is 0 Å². The van der Waals surface area contributed by atoms with Gasteiger partial charge in [0.15, 0.2) is 0 Å². The summed E-state index contributed by atoms with van der Waals surface area (Å²) in [5.74, 6) is 0. The Morgan fingerprint density at radius 3 is 1.80 bits per heavy atom. The molecule has 9 rings (SSSR count). The highest BCUT2D eigenvalue weighted by Gasteiger charge is 2.39. The number of nitrogens with zero attached hydrogens (tertiary/aromatic N) is 1. The van der Waals surface area contributed by atoms with Crippen molar-refractivity contribution >= 4 is 32.3 Å². The van der Waals surface area contributed by atoms with Crippen LogP contribution in [0.4, 0.5) is 0 Å². The Morgan fingerprint density at radius 1 is 0.422 bits per heavy atom. The van der Waals surface area contributed by atoms with Gasteiger partial charge in [-0.1, -0.05) is 153 Å². The van der Waals surface area contributed by atoms with Gasteiger partial charge in [-0.25, -0.2) is 4.98 Å². The zero-order valence-electron chi connectivity index (χ0n) is 25.4. The topological polar surface area (TPSA) is 12.9 Å². The second kappa shape index (κ2) is 9.74. The van der Waals surface area contributed by atoms with Gasteiger partial charge < -0.3 is 0 Å². The molecule has 0 radical (unpaired) electrons. The summed E-state index contributed by atoms with van der Waals surface area (Å²) >= 11 is 0. The lowest BCUT2D eigenvalue weighted by Gasteiger charge is -2.23. The molecule has 0 spiro atoms. The van der Waals surface area contributed by atoms with Crippen molar-refractivity contribution in [3.8, 4) is 44.8 Å². The second-order valence-electron chi connectivity index (χ2n) is 12.7. The van der Waals surface area contributed by atoms with Gasteiger partial charge in [0, 0.05) is 21.9 Å². The van der Waals surface area contributed by atoms with E-state index in [1.807, 2.05) is 0 Å². The number of hydrogen-bond acceptors (Lipinski definition) is 1. The van der Waals surface area contributed by atoms with Gasteiger partial charge in [-0.2, -0.15) is 0 Å². The summed E-state index contributed by atoms with van der Waals surface area (Å²) < 4.78 is 0. The van der Waals surface area contributed by atoms with Gasteiger partial charge in [-0.3, -0.25) is 0 Å². The van der Waals surface area contributed by atoms with Crippen molar-refractivity contribution in [2.75, 3.05) is 0 Å². The van der Waals surface area contributed by atoms with Crippen LogP contribution < -0.4 is 0 Å². The fourth-order valence-corrected chi connectivity index (χ4v) is 7.67. The molecule has 0 amide bonds. The zero-order valence-corrected chi connectivity index (χ0v) is 25.4. The maximum Gasteiger partial charge on any atom is 0.0759 e. The molecule has 0 bridgehead atoms. The van der Waals surface area contributed by atoms with Gasteiger partial charge >= 0.3 is 0 Å². The second-order valence-corrected chi connectivity index (χ2v) is 12.7. The minimum Gasteiger partial charge on any atom is -0.247 e. The molecule has 8 aromatic rings. The Hall–Kier alpha value is -5.53.